The van der Waals surface area contributed by atoms with E-state index in [4.69, 9.17) is 14.2 Å². The van der Waals surface area contributed by atoms with Gasteiger partial charge in [-0.2, -0.15) is 4.99 Å². The number of ether oxygens (including phenoxy) is 3. The van der Waals surface area contributed by atoms with Crippen LogP contribution in [0.3, 0.4) is 0 Å². The molecule has 6 atom stereocenters. The largest absolute Gasteiger partial charge is 0.448 e. The lowest BCUT2D eigenvalue weighted by molar-refractivity contribution is -0.440. The van der Waals surface area contributed by atoms with Crippen molar-refractivity contribution < 1.29 is 19.0 Å². The first-order chi connectivity index (χ1) is 10.5. The standard InChI is InChI=1S/C17H23NO4/c1-9-5-12-7-13-14(8-20-3)21-17(12,13)22-15-6-11(9)4-10(2)16(19)18-15/h4,9,11-14H,5-8H2,1-3H3. The van der Waals surface area contributed by atoms with Gasteiger partial charge < -0.3 is 14.2 Å². The maximum atomic E-state index is 12.1. The summed E-state index contributed by atoms with van der Waals surface area (Å²) in [4.78, 5) is 16.3. The van der Waals surface area contributed by atoms with E-state index in [1.165, 1.54) is 0 Å². The van der Waals surface area contributed by atoms with Gasteiger partial charge in [0.2, 0.25) is 5.79 Å². The van der Waals surface area contributed by atoms with E-state index in [-0.39, 0.29) is 12.0 Å². The Hall–Kier alpha value is -1.20. The first-order valence-electron chi connectivity index (χ1n) is 8.19. The zero-order valence-corrected chi connectivity index (χ0v) is 13.4. The van der Waals surface area contributed by atoms with E-state index in [0.717, 1.165) is 18.4 Å². The molecule has 120 valence electrons. The third-order valence-electron chi connectivity index (χ3n) is 5.84. The molecule has 3 heterocycles. The molecule has 1 aliphatic carbocycles. The lowest BCUT2D eigenvalue weighted by atomic mass is 9.58. The Balaban J connectivity index is 1.62. The average molecular weight is 305 g/mol. The number of carbonyl (C=O) groups is 1. The minimum absolute atomic E-state index is 0.119. The van der Waals surface area contributed by atoms with Crippen molar-refractivity contribution in [2.24, 2.45) is 28.7 Å². The molecule has 3 aliphatic heterocycles. The Kier molecular flexibility index (Phi) is 3.20. The second-order valence-corrected chi connectivity index (χ2v) is 7.22. The van der Waals surface area contributed by atoms with Gasteiger partial charge in [-0.15, -0.1) is 0 Å². The molecule has 0 aromatic heterocycles. The zero-order chi connectivity index (χ0) is 15.5. The molecule has 2 bridgehead atoms. The number of methoxy groups -OCH3 is 1. The SMILES string of the molecule is COCC1OC23OC4=NC(=O)C(C)=CC(C4)C(C)CC2CC13. The summed E-state index contributed by atoms with van der Waals surface area (Å²) in [5.74, 6) is 1.44. The third-order valence-corrected chi connectivity index (χ3v) is 5.84. The van der Waals surface area contributed by atoms with Gasteiger partial charge in [-0.05, 0) is 31.6 Å². The third kappa shape index (κ3) is 1.91. The van der Waals surface area contributed by atoms with Crippen LogP contribution < -0.4 is 0 Å². The highest BCUT2D eigenvalue weighted by Gasteiger charge is 2.71. The Labute approximate surface area is 130 Å². The summed E-state index contributed by atoms with van der Waals surface area (Å²) >= 11 is 0. The molecule has 2 saturated heterocycles. The molecule has 1 amide bonds. The van der Waals surface area contributed by atoms with E-state index >= 15 is 0 Å². The molecule has 5 nitrogen and oxygen atoms in total. The first kappa shape index (κ1) is 14.4. The van der Waals surface area contributed by atoms with Crippen molar-refractivity contribution in [1.82, 2.24) is 0 Å². The van der Waals surface area contributed by atoms with E-state index in [1.54, 1.807) is 7.11 Å². The summed E-state index contributed by atoms with van der Waals surface area (Å²) in [5.41, 5.74) is 0.727. The number of nitrogens with zero attached hydrogens (tertiary/aromatic N) is 1. The van der Waals surface area contributed by atoms with Crippen LogP contribution in [0.25, 0.3) is 0 Å². The molecule has 22 heavy (non-hydrogen) atoms. The predicted molar refractivity (Wildman–Crippen MR) is 80.2 cm³/mol. The summed E-state index contributed by atoms with van der Waals surface area (Å²) in [6, 6.07) is 0. The van der Waals surface area contributed by atoms with E-state index in [2.05, 4.69) is 18.0 Å². The van der Waals surface area contributed by atoms with Gasteiger partial charge in [-0.1, -0.05) is 13.0 Å². The molecule has 5 heteroatoms. The van der Waals surface area contributed by atoms with Crippen molar-refractivity contribution in [1.29, 1.82) is 0 Å². The van der Waals surface area contributed by atoms with Gasteiger partial charge in [0, 0.05) is 25.0 Å². The van der Waals surface area contributed by atoms with Gasteiger partial charge in [0.1, 0.15) is 0 Å². The topological polar surface area (TPSA) is 57.1 Å². The molecule has 4 aliphatic rings. The first-order valence-corrected chi connectivity index (χ1v) is 8.19. The van der Waals surface area contributed by atoms with Gasteiger partial charge in [0.05, 0.1) is 18.6 Å². The van der Waals surface area contributed by atoms with Crippen molar-refractivity contribution in [3.8, 4) is 0 Å². The number of fused-ring (bicyclic) bond motifs is 2. The van der Waals surface area contributed by atoms with Gasteiger partial charge in [-0.3, -0.25) is 4.79 Å². The number of carbonyl (C=O) groups excluding carboxylic acids is 1. The maximum Gasteiger partial charge on any atom is 0.275 e. The van der Waals surface area contributed by atoms with Crippen molar-refractivity contribution >= 4 is 11.8 Å². The number of amides is 1. The molecule has 6 unspecified atom stereocenters. The van der Waals surface area contributed by atoms with E-state index in [0.29, 0.717) is 42.6 Å². The Morgan fingerprint density at radius 1 is 1.45 bits per heavy atom. The zero-order valence-electron chi connectivity index (χ0n) is 13.4. The minimum atomic E-state index is -0.542. The summed E-state index contributed by atoms with van der Waals surface area (Å²) < 4.78 is 17.5. The molecule has 1 spiro atoms. The van der Waals surface area contributed by atoms with Crippen molar-refractivity contribution in [3.63, 3.8) is 0 Å². The van der Waals surface area contributed by atoms with E-state index < -0.39 is 5.79 Å². The number of hydrogen-bond acceptors (Lipinski definition) is 4. The molecule has 0 aromatic rings. The molecule has 0 radical (unpaired) electrons. The molecular formula is C17H23NO4. The number of rotatable bonds is 2. The molecule has 1 saturated carbocycles. The average Bonchev–Trinajstić information content (AvgIpc) is 2.61. The molecule has 3 fully saturated rings. The second-order valence-electron chi connectivity index (χ2n) is 7.22. The van der Waals surface area contributed by atoms with Crippen LogP contribution in [-0.4, -0.2) is 37.4 Å². The van der Waals surface area contributed by atoms with Crippen LogP contribution in [0.15, 0.2) is 16.6 Å². The molecule has 0 aromatic carbocycles. The van der Waals surface area contributed by atoms with E-state index in [9.17, 15) is 4.79 Å². The Morgan fingerprint density at radius 3 is 3.00 bits per heavy atom. The summed E-state index contributed by atoms with van der Waals surface area (Å²) in [6.45, 7) is 4.71. The second kappa shape index (κ2) is 4.90. The van der Waals surface area contributed by atoms with Gasteiger partial charge >= 0.3 is 0 Å². The fourth-order valence-electron chi connectivity index (χ4n) is 4.51. The lowest BCUT2D eigenvalue weighted by Gasteiger charge is -2.66. The number of aliphatic imine (C=N–C) groups is 1. The van der Waals surface area contributed by atoms with Gasteiger partial charge in [0.25, 0.3) is 5.91 Å². The summed E-state index contributed by atoms with van der Waals surface area (Å²) in [6.07, 6.45) is 5.09. The highest BCUT2D eigenvalue weighted by molar-refractivity contribution is 6.02. The normalized spacial score (nSPS) is 46.3. The van der Waals surface area contributed by atoms with E-state index in [1.807, 2.05) is 6.92 Å². The van der Waals surface area contributed by atoms with Crippen LogP contribution in [0, 0.1) is 23.7 Å². The van der Waals surface area contributed by atoms with Crippen molar-refractivity contribution in [2.75, 3.05) is 13.7 Å². The van der Waals surface area contributed by atoms with Crippen LogP contribution in [0.4, 0.5) is 0 Å². The summed E-state index contributed by atoms with van der Waals surface area (Å²) in [7, 11) is 1.69. The Bertz CT molecular complexity index is 569. The van der Waals surface area contributed by atoms with Gasteiger partial charge in [0.15, 0.2) is 5.90 Å². The molecule has 0 N–H and O–H groups in total. The Morgan fingerprint density at radius 2 is 2.27 bits per heavy atom. The number of allylic oxidation sites excluding steroid dienone is 1. The van der Waals surface area contributed by atoms with Crippen molar-refractivity contribution in [3.05, 3.63) is 11.6 Å². The quantitative estimate of drug-likeness (QED) is 0.785. The van der Waals surface area contributed by atoms with Crippen LogP contribution in [0.2, 0.25) is 0 Å². The summed E-state index contributed by atoms with van der Waals surface area (Å²) in [5, 5.41) is 0. The smallest absolute Gasteiger partial charge is 0.275 e. The fraction of sp³-hybridized carbons (Fsp3) is 0.765. The number of hydrogen-bond donors (Lipinski definition) is 0. The molecule has 4 rings (SSSR count). The lowest BCUT2D eigenvalue weighted by Crippen LogP contribution is -2.75. The molecular weight excluding hydrogens is 282 g/mol. The van der Waals surface area contributed by atoms with Crippen LogP contribution in [0.5, 0.6) is 0 Å². The fourth-order valence-corrected chi connectivity index (χ4v) is 4.51. The van der Waals surface area contributed by atoms with Gasteiger partial charge in [-0.25, -0.2) is 0 Å². The minimum Gasteiger partial charge on any atom is -0.448 e. The van der Waals surface area contributed by atoms with Crippen molar-refractivity contribution in [2.45, 2.75) is 45.0 Å². The van der Waals surface area contributed by atoms with Crippen LogP contribution in [-0.2, 0) is 19.0 Å². The predicted octanol–water partition coefficient (Wildman–Crippen LogP) is 2.31. The van der Waals surface area contributed by atoms with Crippen LogP contribution >= 0.6 is 0 Å². The highest BCUT2D eigenvalue weighted by Crippen LogP contribution is 2.62. The monoisotopic (exact) mass is 305 g/mol. The highest BCUT2D eigenvalue weighted by atomic mass is 16.7. The van der Waals surface area contributed by atoms with Crippen LogP contribution in [0.1, 0.15) is 33.1 Å². The maximum absolute atomic E-state index is 12.1.